The van der Waals surface area contributed by atoms with Crippen LogP contribution in [0.5, 0.6) is 0 Å². The second-order valence-corrected chi connectivity index (χ2v) is 13.8. The van der Waals surface area contributed by atoms with Gasteiger partial charge in [-0.1, -0.05) is 116 Å². The van der Waals surface area contributed by atoms with Crippen LogP contribution in [0.1, 0.15) is 60.4 Å². The molecule has 0 bridgehead atoms. The van der Waals surface area contributed by atoms with Crippen molar-refractivity contribution in [3.05, 3.63) is 167 Å². The maximum atomic E-state index is 2.66. The SMILES string of the molecule is CC1CCC2c3cc(-c4ccc5c(c4)-c4ccccc4C54c5ccccc5-c5ccccc54)ccc3N(c3ccccc3)C12C. The molecule has 1 aliphatic heterocycles. The maximum absolute atomic E-state index is 2.66. The zero-order valence-corrected chi connectivity index (χ0v) is 25.8. The van der Waals surface area contributed by atoms with Crippen LogP contribution in [-0.2, 0) is 5.41 Å². The monoisotopic (exact) mass is 577 g/mol. The molecule has 216 valence electrons. The second kappa shape index (κ2) is 8.86. The summed E-state index contributed by atoms with van der Waals surface area (Å²) in [6.07, 6.45) is 2.52. The number of fused-ring (bicyclic) bond motifs is 13. The van der Waals surface area contributed by atoms with E-state index in [0.29, 0.717) is 11.8 Å². The highest BCUT2D eigenvalue weighted by atomic mass is 15.2. The van der Waals surface area contributed by atoms with E-state index in [2.05, 4.69) is 158 Å². The molecule has 0 amide bonds. The topological polar surface area (TPSA) is 3.24 Å². The fraction of sp³-hybridized carbons (Fsp3) is 0.182. The molecule has 6 aromatic carbocycles. The Kier molecular flexibility index (Phi) is 5.01. The van der Waals surface area contributed by atoms with Crippen molar-refractivity contribution in [2.45, 2.75) is 43.6 Å². The summed E-state index contributed by atoms with van der Waals surface area (Å²) in [5.41, 5.74) is 17.7. The molecule has 3 atom stereocenters. The molecular formula is C44H35N. The number of benzene rings is 6. The summed E-state index contributed by atoms with van der Waals surface area (Å²) in [6, 6.07) is 52.9. The van der Waals surface area contributed by atoms with Crippen LogP contribution in [-0.4, -0.2) is 5.54 Å². The van der Waals surface area contributed by atoms with Crippen molar-refractivity contribution in [1.29, 1.82) is 0 Å². The van der Waals surface area contributed by atoms with Gasteiger partial charge in [0.2, 0.25) is 0 Å². The van der Waals surface area contributed by atoms with Crippen molar-refractivity contribution in [2.24, 2.45) is 5.92 Å². The Bertz CT molecular complexity index is 2130. The minimum absolute atomic E-state index is 0.0921. The molecule has 1 heterocycles. The predicted octanol–water partition coefficient (Wildman–Crippen LogP) is 11.1. The largest absolute Gasteiger partial charge is 0.334 e. The smallest absolute Gasteiger partial charge is 0.0725 e. The zero-order chi connectivity index (χ0) is 29.9. The molecule has 3 aliphatic carbocycles. The molecule has 0 saturated heterocycles. The highest BCUT2D eigenvalue weighted by Crippen LogP contribution is 2.64. The summed E-state index contributed by atoms with van der Waals surface area (Å²) >= 11 is 0. The highest BCUT2D eigenvalue weighted by Gasteiger charge is 2.55. The van der Waals surface area contributed by atoms with E-state index in [9.17, 15) is 0 Å². The van der Waals surface area contributed by atoms with Crippen LogP contribution >= 0.6 is 0 Å². The van der Waals surface area contributed by atoms with E-state index in [0.717, 1.165) is 0 Å². The van der Waals surface area contributed by atoms with Gasteiger partial charge in [0.25, 0.3) is 0 Å². The van der Waals surface area contributed by atoms with E-state index in [4.69, 9.17) is 0 Å². The van der Waals surface area contributed by atoms with E-state index in [-0.39, 0.29) is 11.0 Å². The number of hydrogen-bond donors (Lipinski definition) is 0. The highest BCUT2D eigenvalue weighted by molar-refractivity contribution is 5.96. The van der Waals surface area contributed by atoms with Gasteiger partial charge in [0.15, 0.2) is 0 Å². The third-order valence-corrected chi connectivity index (χ3v) is 12.1. The Labute approximate surface area is 265 Å². The number of nitrogens with zero attached hydrogens (tertiary/aromatic N) is 1. The Morgan fingerprint density at radius 2 is 1.07 bits per heavy atom. The summed E-state index contributed by atoms with van der Waals surface area (Å²) < 4.78 is 0. The van der Waals surface area contributed by atoms with Crippen LogP contribution in [0.2, 0.25) is 0 Å². The molecule has 1 fully saturated rings. The van der Waals surface area contributed by atoms with E-state index >= 15 is 0 Å². The third kappa shape index (κ3) is 3.04. The number of para-hydroxylation sites is 1. The molecule has 4 aliphatic rings. The summed E-state index contributed by atoms with van der Waals surface area (Å²) in [7, 11) is 0. The minimum Gasteiger partial charge on any atom is -0.334 e. The average molecular weight is 578 g/mol. The van der Waals surface area contributed by atoms with Crippen LogP contribution in [0, 0.1) is 5.92 Å². The van der Waals surface area contributed by atoms with Gasteiger partial charge >= 0.3 is 0 Å². The van der Waals surface area contributed by atoms with E-state index in [1.807, 2.05) is 0 Å². The van der Waals surface area contributed by atoms with Crippen molar-refractivity contribution in [2.75, 3.05) is 4.90 Å². The van der Waals surface area contributed by atoms with Gasteiger partial charge in [0.1, 0.15) is 0 Å². The molecule has 10 rings (SSSR count). The van der Waals surface area contributed by atoms with E-state index < -0.39 is 0 Å². The first-order chi connectivity index (χ1) is 22.1. The van der Waals surface area contributed by atoms with Crippen LogP contribution in [0.15, 0.2) is 140 Å². The van der Waals surface area contributed by atoms with Gasteiger partial charge in [-0.2, -0.15) is 0 Å². The first kappa shape index (κ1) is 25.4. The zero-order valence-electron chi connectivity index (χ0n) is 25.8. The first-order valence-corrected chi connectivity index (χ1v) is 16.5. The molecule has 1 heteroatoms. The lowest BCUT2D eigenvalue weighted by atomic mass is 9.70. The Hall–Kier alpha value is -4.88. The average Bonchev–Trinajstić information content (AvgIpc) is 3.75. The Balaban J connectivity index is 1.16. The van der Waals surface area contributed by atoms with Crippen molar-refractivity contribution < 1.29 is 0 Å². The van der Waals surface area contributed by atoms with Gasteiger partial charge in [-0.3, -0.25) is 0 Å². The lowest BCUT2D eigenvalue weighted by Crippen LogP contribution is -2.45. The molecule has 0 N–H and O–H groups in total. The van der Waals surface area contributed by atoms with Crippen LogP contribution in [0.25, 0.3) is 33.4 Å². The third-order valence-electron chi connectivity index (χ3n) is 12.1. The van der Waals surface area contributed by atoms with Gasteiger partial charge in [-0.25, -0.2) is 0 Å². The predicted molar refractivity (Wildman–Crippen MR) is 186 cm³/mol. The summed E-state index contributed by atoms with van der Waals surface area (Å²) in [4.78, 5) is 2.66. The number of rotatable bonds is 2. The van der Waals surface area contributed by atoms with Crippen molar-refractivity contribution in [3.8, 4) is 33.4 Å². The molecule has 45 heavy (non-hydrogen) atoms. The molecule has 1 spiro atoms. The quantitative estimate of drug-likeness (QED) is 0.197. The summed E-state index contributed by atoms with van der Waals surface area (Å²) in [5, 5.41) is 0. The fourth-order valence-electron chi connectivity index (χ4n) is 9.94. The molecule has 1 saturated carbocycles. The molecular weight excluding hydrogens is 542 g/mol. The maximum Gasteiger partial charge on any atom is 0.0725 e. The summed E-state index contributed by atoms with van der Waals surface area (Å²) in [5.74, 6) is 1.16. The van der Waals surface area contributed by atoms with Gasteiger partial charge < -0.3 is 4.90 Å². The summed E-state index contributed by atoms with van der Waals surface area (Å²) in [6.45, 7) is 4.96. The normalized spacial score (nSPS) is 22.5. The van der Waals surface area contributed by atoms with Gasteiger partial charge in [-0.15, -0.1) is 0 Å². The number of anilines is 2. The first-order valence-electron chi connectivity index (χ1n) is 16.5. The van der Waals surface area contributed by atoms with Crippen molar-refractivity contribution in [3.63, 3.8) is 0 Å². The van der Waals surface area contributed by atoms with Crippen molar-refractivity contribution in [1.82, 2.24) is 0 Å². The van der Waals surface area contributed by atoms with Crippen molar-refractivity contribution >= 4 is 11.4 Å². The second-order valence-electron chi connectivity index (χ2n) is 13.8. The lowest BCUT2D eigenvalue weighted by molar-refractivity contribution is 0.355. The minimum atomic E-state index is -0.284. The molecule has 1 nitrogen and oxygen atoms in total. The molecule has 0 aromatic heterocycles. The van der Waals surface area contributed by atoms with Crippen LogP contribution in [0.4, 0.5) is 11.4 Å². The Morgan fingerprint density at radius 3 is 1.73 bits per heavy atom. The van der Waals surface area contributed by atoms with Gasteiger partial charge in [0, 0.05) is 17.3 Å². The van der Waals surface area contributed by atoms with Crippen LogP contribution in [0.3, 0.4) is 0 Å². The lowest BCUT2D eigenvalue weighted by Gasteiger charge is -2.41. The standard InChI is InChI=1S/C44H35N/c1-28-20-23-37-36-27-30(22-25-42(36)45(43(28,37)2)31-12-4-3-5-13-31)29-21-24-41-35(26-29)34-16-8-11-19-40(34)44(41)38-17-9-6-14-32(38)33-15-7-10-18-39(33)44/h3-19,21-22,24-28,37H,20,23H2,1-2H3. The molecule has 3 unspecified atom stereocenters. The molecule has 6 aromatic rings. The van der Waals surface area contributed by atoms with Crippen LogP contribution < -0.4 is 4.90 Å². The fourth-order valence-corrected chi connectivity index (χ4v) is 9.94. The van der Waals surface area contributed by atoms with Gasteiger partial charge in [0.05, 0.1) is 11.0 Å². The van der Waals surface area contributed by atoms with E-state index in [1.54, 1.807) is 0 Å². The molecule has 0 radical (unpaired) electrons. The van der Waals surface area contributed by atoms with Gasteiger partial charge in [-0.05, 0) is 117 Å². The Morgan fingerprint density at radius 1 is 0.533 bits per heavy atom. The van der Waals surface area contributed by atoms with E-state index in [1.165, 1.54) is 85.4 Å². The number of hydrogen-bond acceptors (Lipinski definition) is 1.